The molecule has 5 nitrogen and oxygen atoms in total. The number of sulfone groups is 1. The van der Waals surface area contributed by atoms with E-state index in [-0.39, 0.29) is 18.1 Å². The topological polar surface area (TPSA) is 75.6 Å². The van der Waals surface area contributed by atoms with Crippen LogP contribution in [-0.4, -0.2) is 43.8 Å². The van der Waals surface area contributed by atoms with Crippen LogP contribution in [0.5, 0.6) is 0 Å². The third-order valence-corrected chi connectivity index (χ3v) is 3.43. The minimum absolute atomic E-state index is 0.0449. The van der Waals surface area contributed by atoms with Crippen molar-refractivity contribution in [3.63, 3.8) is 0 Å². The molecule has 1 heterocycles. The normalized spacial score (nSPS) is 31.4. The number of aliphatic hydroxyl groups excluding tert-OH is 1. The number of aliphatic hydroxyl groups is 1. The van der Waals surface area contributed by atoms with Crippen molar-refractivity contribution >= 4 is 9.84 Å². The van der Waals surface area contributed by atoms with E-state index in [4.69, 9.17) is 11.3 Å². The second kappa shape index (κ2) is 4.07. The van der Waals surface area contributed by atoms with Crippen molar-refractivity contribution in [2.75, 3.05) is 18.1 Å². The first-order valence-corrected chi connectivity index (χ1v) is 5.56. The molecule has 74 valence electrons. The lowest BCUT2D eigenvalue weighted by atomic mass is 10.2. The molecule has 1 rings (SSSR count). The SMILES string of the molecule is C#CCONC1CS(=O)(=O)CC1O. The molecule has 0 aromatic carbocycles. The molecule has 6 heteroatoms. The van der Waals surface area contributed by atoms with Gasteiger partial charge in [-0.05, 0) is 0 Å². The molecular formula is C7H11NO4S. The molecule has 1 fully saturated rings. The molecule has 0 saturated carbocycles. The van der Waals surface area contributed by atoms with Crippen molar-refractivity contribution in [2.24, 2.45) is 0 Å². The second-order valence-electron chi connectivity index (χ2n) is 2.86. The zero-order chi connectivity index (χ0) is 9.90. The van der Waals surface area contributed by atoms with Gasteiger partial charge in [0.1, 0.15) is 6.61 Å². The smallest absolute Gasteiger partial charge is 0.154 e. The fourth-order valence-corrected chi connectivity index (χ4v) is 2.86. The number of rotatable bonds is 3. The predicted molar refractivity (Wildman–Crippen MR) is 46.4 cm³/mol. The number of hydrogen-bond acceptors (Lipinski definition) is 5. The average molecular weight is 205 g/mol. The summed E-state index contributed by atoms with van der Waals surface area (Å²) < 4.78 is 22.0. The zero-order valence-electron chi connectivity index (χ0n) is 6.93. The summed E-state index contributed by atoms with van der Waals surface area (Å²) in [5.41, 5.74) is 2.42. The number of hydroxylamine groups is 1. The minimum atomic E-state index is -3.13. The second-order valence-corrected chi connectivity index (χ2v) is 5.02. The largest absolute Gasteiger partial charge is 0.390 e. The van der Waals surface area contributed by atoms with E-state index in [9.17, 15) is 13.5 Å². The molecule has 2 unspecified atom stereocenters. The first kappa shape index (κ1) is 10.5. The summed E-state index contributed by atoms with van der Waals surface area (Å²) in [4.78, 5) is 4.72. The Labute approximate surface area is 77.0 Å². The summed E-state index contributed by atoms with van der Waals surface area (Å²) in [6.45, 7) is 0.0449. The monoisotopic (exact) mass is 205 g/mol. The van der Waals surface area contributed by atoms with Crippen LogP contribution < -0.4 is 5.48 Å². The van der Waals surface area contributed by atoms with Crippen molar-refractivity contribution in [3.8, 4) is 12.3 Å². The number of nitrogens with one attached hydrogen (secondary N) is 1. The van der Waals surface area contributed by atoms with Crippen LogP contribution >= 0.6 is 0 Å². The highest BCUT2D eigenvalue weighted by Crippen LogP contribution is 2.11. The van der Waals surface area contributed by atoms with Crippen LogP contribution in [-0.2, 0) is 14.7 Å². The summed E-state index contributed by atoms with van der Waals surface area (Å²) >= 11 is 0. The maximum atomic E-state index is 11.0. The van der Waals surface area contributed by atoms with E-state index < -0.39 is 22.0 Å². The van der Waals surface area contributed by atoms with Gasteiger partial charge >= 0.3 is 0 Å². The molecule has 0 amide bonds. The molecule has 0 aliphatic carbocycles. The Morgan fingerprint density at radius 3 is 2.77 bits per heavy atom. The molecule has 13 heavy (non-hydrogen) atoms. The fraction of sp³-hybridized carbons (Fsp3) is 0.714. The molecule has 0 radical (unpaired) electrons. The molecular weight excluding hydrogens is 194 g/mol. The summed E-state index contributed by atoms with van der Waals surface area (Å²) in [6, 6.07) is -0.571. The van der Waals surface area contributed by atoms with E-state index in [1.165, 1.54) is 0 Å². The molecule has 0 aromatic rings. The lowest BCUT2D eigenvalue weighted by molar-refractivity contribution is 0.00955. The molecule has 0 bridgehead atoms. The van der Waals surface area contributed by atoms with Crippen LogP contribution in [0.3, 0.4) is 0 Å². The third kappa shape index (κ3) is 2.97. The zero-order valence-corrected chi connectivity index (χ0v) is 7.75. The molecule has 1 saturated heterocycles. The van der Waals surface area contributed by atoms with Crippen LogP contribution in [0.15, 0.2) is 0 Å². The molecule has 0 spiro atoms. The quantitative estimate of drug-likeness (QED) is 0.326. The third-order valence-electron chi connectivity index (χ3n) is 1.71. The van der Waals surface area contributed by atoms with Gasteiger partial charge in [0, 0.05) is 0 Å². The van der Waals surface area contributed by atoms with Crippen molar-refractivity contribution in [2.45, 2.75) is 12.1 Å². The van der Waals surface area contributed by atoms with Crippen molar-refractivity contribution in [1.29, 1.82) is 0 Å². The Kier molecular flexibility index (Phi) is 3.27. The lowest BCUT2D eigenvalue weighted by Gasteiger charge is -2.12. The summed E-state index contributed by atoms with van der Waals surface area (Å²) in [5.74, 6) is 1.88. The Morgan fingerprint density at radius 2 is 2.31 bits per heavy atom. The Morgan fingerprint density at radius 1 is 1.62 bits per heavy atom. The van der Waals surface area contributed by atoms with Gasteiger partial charge < -0.3 is 5.11 Å². The minimum Gasteiger partial charge on any atom is -0.390 e. The first-order valence-electron chi connectivity index (χ1n) is 3.74. The van der Waals surface area contributed by atoms with Gasteiger partial charge in [0.15, 0.2) is 9.84 Å². The van der Waals surface area contributed by atoms with Crippen LogP contribution in [0.25, 0.3) is 0 Å². The highest BCUT2D eigenvalue weighted by molar-refractivity contribution is 7.91. The standard InChI is InChI=1S/C7H11NO4S/c1-2-3-12-8-6-4-13(10,11)5-7(6)9/h1,6-9H,3-5H2. The van der Waals surface area contributed by atoms with Gasteiger partial charge in [-0.3, -0.25) is 4.84 Å². The van der Waals surface area contributed by atoms with Gasteiger partial charge in [0.2, 0.25) is 0 Å². The Balaban J connectivity index is 2.41. The molecule has 0 aromatic heterocycles. The highest BCUT2D eigenvalue weighted by atomic mass is 32.2. The van der Waals surface area contributed by atoms with E-state index in [1.807, 2.05) is 0 Å². The van der Waals surface area contributed by atoms with Gasteiger partial charge in [-0.1, -0.05) is 5.92 Å². The van der Waals surface area contributed by atoms with Crippen molar-refractivity contribution < 1.29 is 18.4 Å². The first-order chi connectivity index (χ1) is 6.05. The van der Waals surface area contributed by atoms with Gasteiger partial charge in [-0.15, -0.1) is 6.42 Å². The van der Waals surface area contributed by atoms with Gasteiger partial charge in [0.25, 0.3) is 0 Å². The highest BCUT2D eigenvalue weighted by Gasteiger charge is 2.36. The molecule has 1 aliphatic heterocycles. The van der Waals surface area contributed by atoms with E-state index in [2.05, 4.69) is 11.4 Å². The van der Waals surface area contributed by atoms with Gasteiger partial charge in [-0.2, -0.15) is 5.48 Å². The summed E-state index contributed by atoms with van der Waals surface area (Å²) in [5, 5.41) is 9.25. The summed E-state index contributed by atoms with van der Waals surface area (Å²) in [6.07, 6.45) is 3.99. The van der Waals surface area contributed by atoms with Crippen LogP contribution in [0.2, 0.25) is 0 Å². The maximum absolute atomic E-state index is 11.0. The van der Waals surface area contributed by atoms with Gasteiger partial charge in [0.05, 0.1) is 23.7 Å². The summed E-state index contributed by atoms with van der Waals surface area (Å²) in [7, 11) is -3.13. The van der Waals surface area contributed by atoms with Crippen LogP contribution in [0.1, 0.15) is 0 Å². The molecule has 2 atom stereocenters. The maximum Gasteiger partial charge on any atom is 0.154 e. The van der Waals surface area contributed by atoms with Crippen LogP contribution in [0.4, 0.5) is 0 Å². The van der Waals surface area contributed by atoms with E-state index in [0.29, 0.717) is 0 Å². The molecule has 1 aliphatic rings. The fourth-order valence-electron chi connectivity index (χ4n) is 1.13. The van der Waals surface area contributed by atoms with Gasteiger partial charge in [-0.25, -0.2) is 8.42 Å². The average Bonchev–Trinajstić information content (AvgIpc) is 2.25. The Hall–Kier alpha value is -0.610. The Bertz CT molecular complexity index is 305. The predicted octanol–water partition coefficient (Wildman–Crippen LogP) is -1.70. The number of terminal acetylenes is 1. The molecule has 2 N–H and O–H groups in total. The van der Waals surface area contributed by atoms with E-state index in [1.54, 1.807) is 0 Å². The van der Waals surface area contributed by atoms with E-state index >= 15 is 0 Å². The van der Waals surface area contributed by atoms with E-state index in [0.717, 1.165) is 0 Å². The lowest BCUT2D eigenvalue weighted by Crippen LogP contribution is -2.38. The number of hydrogen-bond donors (Lipinski definition) is 2. The van der Waals surface area contributed by atoms with Crippen molar-refractivity contribution in [3.05, 3.63) is 0 Å². The van der Waals surface area contributed by atoms with Crippen molar-refractivity contribution in [1.82, 2.24) is 5.48 Å². The van der Waals surface area contributed by atoms with Crippen LogP contribution in [0, 0.1) is 12.3 Å².